The van der Waals surface area contributed by atoms with Crippen molar-refractivity contribution in [1.82, 2.24) is 20.2 Å². The summed E-state index contributed by atoms with van der Waals surface area (Å²) in [7, 11) is 1.56. The maximum atomic E-state index is 12.6. The molecule has 1 amide bonds. The minimum atomic E-state index is -0.0925. The van der Waals surface area contributed by atoms with Gasteiger partial charge in [0.2, 0.25) is 17.0 Å². The summed E-state index contributed by atoms with van der Waals surface area (Å²) >= 11 is 7.12. The van der Waals surface area contributed by atoms with Crippen LogP contribution in [0, 0.1) is 0 Å². The molecule has 380 valence electrons. The van der Waals surface area contributed by atoms with Crippen molar-refractivity contribution in [2.24, 2.45) is 0 Å². The molecule has 8 heterocycles. The Bertz CT molecular complexity index is 3070. The van der Waals surface area contributed by atoms with E-state index in [4.69, 9.17) is 14.2 Å². The van der Waals surface area contributed by atoms with Crippen LogP contribution in [0.15, 0.2) is 146 Å². The van der Waals surface area contributed by atoms with Crippen LogP contribution in [0.5, 0.6) is 0 Å². The molecule has 6 aliphatic heterocycles. The summed E-state index contributed by atoms with van der Waals surface area (Å²) in [5, 5.41) is 10.8. The van der Waals surface area contributed by atoms with Crippen LogP contribution in [0.25, 0.3) is 22.5 Å². The molecule has 0 spiro atoms. The van der Waals surface area contributed by atoms with Crippen LogP contribution in [0.4, 0.5) is 22.7 Å². The molecule has 4 saturated heterocycles. The SMILES string of the molecule is COCC(=O)N1CCC(Nc2ccc3c(c2)Sc2cccc(-c4cc(N5CCOCC5)cc(=O)[nH]4)c2S3)CC1.O=c1cc(N2CCOCC2)cc(-c2cccc3c2Sc2ccc(NC4CCNCC4)cc2S3)[nH]1. The molecule has 2 aromatic heterocycles. The maximum Gasteiger partial charge on any atom is 0.250 e. The van der Waals surface area contributed by atoms with Gasteiger partial charge in [-0.2, -0.15) is 0 Å². The van der Waals surface area contributed by atoms with Gasteiger partial charge in [-0.05, 0) is 99.4 Å². The van der Waals surface area contributed by atoms with E-state index in [2.05, 4.69) is 121 Å². The lowest BCUT2D eigenvalue weighted by Crippen LogP contribution is -2.43. The number of amides is 1. The van der Waals surface area contributed by atoms with E-state index < -0.39 is 0 Å². The van der Waals surface area contributed by atoms with E-state index in [0.29, 0.717) is 38.5 Å². The van der Waals surface area contributed by atoms with Gasteiger partial charge in [0.15, 0.2) is 0 Å². The van der Waals surface area contributed by atoms with E-state index >= 15 is 0 Å². The molecule has 5 N–H and O–H groups in total. The van der Waals surface area contributed by atoms with Gasteiger partial charge in [0.25, 0.3) is 0 Å². The van der Waals surface area contributed by atoms with Gasteiger partial charge in [-0.15, -0.1) is 0 Å². The number of carbonyl (C=O) groups excluding carboxylic acids is 1. The first kappa shape index (κ1) is 49.9. The van der Waals surface area contributed by atoms with Gasteiger partial charge in [-0.1, -0.05) is 71.3 Å². The fraction of sp³-hybridized carbons (Fsp3) is 0.364. The molecule has 12 rings (SSSR count). The predicted molar refractivity (Wildman–Crippen MR) is 295 cm³/mol. The van der Waals surface area contributed by atoms with E-state index in [1.165, 1.54) is 44.9 Å². The third kappa shape index (κ3) is 11.8. The monoisotopic (exact) mass is 1060 g/mol. The average molecular weight is 1060 g/mol. The molecular formula is C55H60N8O6S4. The Hall–Kier alpha value is -5.31. The number of aromatic nitrogens is 2. The zero-order valence-corrected chi connectivity index (χ0v) is 44.1. The summed E-state index contributed by atoms with van der Waals surface area (Å²) < 4.78 is 16.0. The number of piperidine rings is 2. The van der Waals surface area contributed by atoms with E-state index in [-0.39, 0.29) is 23.6 Å². The third-order valence-corrected chi connectivity index (χ3v) is 19.1. The Morgan fingerprint density at radius 3 is 1.53 bits per heavy atom. The van der Waals surface area contributed by atoms with Crippen molar-refractivity contribution in [1.29, 1.82) is 0 Å². The molecule has 18 heteroatoms. The van der Waals surface area contributed by atoms with Crippen molar-refractivity contribution in [2.75, 3.05) is 113 Å². The molecule has 0 aliphatic carbocycles. The standard InChI is InChI=1S/C29H32N4O4S2.C26H28N4O2S2/c1-36-18-28(35)33-9-7-19(8-10-33)30-20-5-6-24-26(15-20)38-25-4-2-3-22(29(25)39-24)23-16-21(17-27(34)31-23)32-11-13-37-14-12-32;31-25-16-19(30-10-12-32-13-11-30)15-21(29-25)20-2-1-3-23-26(20)34-22-5-4-18(14-24(22)33-23)28-17-6-8-27-9-7-17/h2-6,15-17,19,30H,7-14,18H2,1H3,(H,31,34);1-5,14-17,27-28H,6-13H2,(H,29,31). The number of ether oxygens (including phenoxy) is 3. The first-order chi connectivity index (χ1) is 35.8. The lowest BCUT2D eigenvalue weighted by molar-refractivity contribution is -0.136. The fourth-order valence-corrected chi connectivity index (χ4v) is 14.9. The lowest BCUT2D eigenvalue weighted by Gasteiger charge is -2.33. The second-order valence-electron chi connectivity index (χ2n) is 18.8. The highest BCUT2D eigenvalue weighted by Gasteiger charge is 2.27. The maximum absolute atomic E-state index is 12.6. The Balaban J connectivity index is 0.000000159. The minimum Gasteiger partial charge on any atom is -0.382 e. The van der Waals surface area contributed by atoms with Crippen molar-refractivity contribution < 1.29 is 19.0 Å². The molecule has 6 aliphatic rings. The molecule has 0 saturated carbocycles. The molecule has 6 aromatic rings. The van der Waals surface area contributed by atoms with Crippen molar-refractivity contribution in [2.45, 2.75) is 76.9 Å². The number of morpholine rings is 2. The number of likely N-dealkylation sites (tertiary alicyclic amines) is 1. The number of anilines is 4. The Morgan fingerprint density at radius 2 is 1.05 bits per heavy atom. The molecule has 14 nitrogen and oxygen atoms in total. The van der Waals surface area contributed by atoms with Crippen LogP contribution in [0.1, 0.15) is 25.7 Å². The number of pyridine rings is 2. The Kier molecular flexibility index (Phi) is 15.8. The van der Waals surface area contributed by atoms with Crippen LogP contribution in [-0.2, 0) is 19.0 Å². The van der Waals surface area contributed by atoms with Crippen molar-refractivity contribution in [3.8, 4) is 22.5 Å². The largest absolute Gasteiger partial charge is 0.382 e. The molecule has 4 fully saturated rings. The number of H-pyrrole nitrogens is 2. The summed E-state index contributed by atoms with van der Waals surface area (Å²) in [4.78, 5) is 59.5. The summed E-state index contributed by atoms with van der Waals surface area (Å²) in [5.74, 6) is 0.0630. The van der Waals surface area contributed by atoms with Gasteiger partial charge in [0, 0.05) is 144 Å². The van der Waals surface area contributed by atoms with Crippen molar-refractivity contribution in [3.63, 3.8) is 0 Å². The van der Waals surface area contributed by atoms with Gasteiger partial charge in [-0.25, -0.2) is 0 Å². The predicted octanol–water partition coefficient (Wildman–Crippen LogP) is 9.20. The molecule has 0 bridgehead atoms. The number of hydrogen-bond acceptors (Lipinski definition) is 15. The smallest absolute Gasteiger partial charge is 0.250 e. The molecule has 0 radical (unpaired) electrons. The Morgan fingerprint density at radius 1 is 0.575 bits per heavy atom. The summed E-state index contributed by atoms with van der Waals surface area (Å²) in [5.41, 5.74) is 7.85. The van der Waals surface area contributed by atoms with E-state index in [1.807, 2.05) is 16.7 Å². The molecule has 4 aromatic carbocycles. The highest BCUT2D eigenvalue weighted by atomic mass is 32.2. The topological polar surface area (TPSA) is 156 Å². The van der Waals surface area contributed by atoms with E-state index in [1.54, 1.807) is 54.5 Å². The van der Waals surface area contributed by atoms with Crippen LogP contribution < -0.4 is 36.9 Å². The van der Waals surface area contributed by atoms with E-state index in [9.17, 15) is 14.4 Å². The minimum absolute atomic E-state index is 0.0630. The van der Waals surface area contributed by atoms with Crippen molar-refractivity contribution in [3.05, 3.63) is 118 Å². The second-order valence-corrected chi connectivity index (χ2v) is 23.1. The number of carbonyl (C=O) groups is 1. The number of fused-ring (bicyclic) bond motifs is 4. The van der Waals surface area contributed by atoms with Gasteiger partial charge in [0.05, 0.1) is 37.8 Å². The number of nitrogens with one attached hydrogen (secondary N) is 5. The number of rotatable bonds is 10. The molecule has 0 atom stereocenters. The fourth-order valence-electron chi connectivity index (χ4n) is 10.1. The summed E-state index contributed by atoms with van der Waals surface area (Å²) in [6.45, 7) is 9.74. The van der Waals surface area contributed by atoms with Crippen LogP contribution in [0.2, 0.25) is 0 Å². The van der Waals surface area contributed by atoms with Crippen LogP contribution in [0.3, 0.4) is 0 Å². The number of methoxy groups -OCH3 is 1. The van der Waals surface area contributed by atoms with Gasteiger partial charge >= 0.3 is 0 Å². The number of aromatic amines is 2. The molecule has 0 unspecified atom stereocenters. The van der Waals surface area contributed by atoms with E-state index in [0.717, 1.165) is 118 Å². The first-order valence-electron chi connectivity index (χ1n) is 25.2. The first-order valence-corrected chi connectivity index (χ1v) is 28.5. The van der Waals surface area contributed by atoms with Gasteiger partial charge in [-0.3, -0.25) is 14.4 Å². The second kappa shape index (κ2) is 23.1. The average Bonchev–Trinajstić information content (AvgIpc) is 3.42. The number of hydrogen-bond donors (Lipinski definition) is 5. The molecular weight excluding hydrogens is 997 g/mol. The summed E-state index contributed by atoms with van der Waals surface area (Å²) in [6.07, 6.45) is 4.16. The van der Waals surface area contributed by atoms with Gasteiger partial charge < -0.3 is 54.8 Å². The lowest BCUT2D eigenvalue weighted by atomic mass is 10.0. The normalized spacial score (nSPS) is 17.8. The number of nitrogens with zero attached hydrogens (tertiary/aromatic N) is 3. The Labute approximate surface area is 442 Å². The van der Waals surface area contributed by atoms with Crippen LogP contribution in [-0.4, -0.2) is 125 Å². The highest BCUT2D eigenvalue weighted by Crippen LogP contribution is 2.53. The van der Waals surface area contributed by atoms with Crippen LogP contribution >= 0.6 is 47.0 Å². The quantitative estimate of drug-likeness (QED) is 0.0883. The number of benzene rings is 4. The van der Waals surface area contributed by atoms with Gasteiger partial charge in [0.1, 0.15) is 6.61 Å². The zero-order chi connectivity index (χ0) is 49.7. The zero-order valence-electron chi connectivity index (χ0n) is 40.8. The van der Waals surface area contributed by atoms with Crippen molar-refractivity contribution >= 4 is 75.7 Å². The molecule has 73 heavy (non-hydrogen) atoms. The summed E-state index contributed by atoms with van der Waals surface area (Å²) in [6, 6.07) is 34.4. The highest BCUT2D eigenvalue weighted by molar-refractivity contribution is 8.05. The third-order valence-electron chi connectivity index (χ3n) is 13.9.